The van der Waals surface area contributed by atoms with Gasteiger partial charge in [0.05, 0.1) is 0 Å². The summed E-state index contributed by atoms with van der Waals surface area (Å²) in [5.41, 5.74) is 0.612. The number of aryl methyl sites for hydroxylation is 1. The van der Waals surface area contributed by atoms with Crippen molar-refractivity contribution in [3.63, 3.8) is 0 Å². The Hall–Kier alpha value is -2.26. The van der Waals surface area contributed by atoms with Crippen molar-refractivity contribution in [3.05, 3.63) is 45.6 Å². The van der Waals surface area contributed by atoms with Crippen LogP contribution in [0.4, 0.5) is 0 Å². The summed E-state index contributed by atoms with van der Waals surface area (Å²) in [5, 5.41) is 17.5. The van der Waals surface area contributed by atoms with Gasteiger partial charge in [-0.05, 0) is 31.2 Å². The third-order valence-corrected chi connectivity index (χ3v) is 4.47. The first-order valence-corrected chi connectivity index (χ1v) is 8.33. The van der Waals surface area contributed by atoms with E-state index < -0.39 is 0 Å². The molecule has 3 heterocycles. The van der Waals surface area contributed by atoms with Crippen molar-refractivity contribution >= 4 is 32.2 Å². The lowest BCUT2D eigenvalue weighted by molar-refractivity contribution is 0.304. The van der Waals surface area contributed by atoms with Crippen LogP contribution in [0.3, 0.4) is 0 Å². The minimum atomic E-state index is 0.368. The van der Waals surface area contributed by atoms with Gasteiger partial charge in [0.2, 0.25) is 10.8 Å². The Morgan fingerprint density at radius 1 is 1.26 bits per heavy atom. The molecular formula is C14H10BrN5O2S. The highest BCUT2D eigenvalue weighted by Gasteiger charge is 2.16. The Balaban J connectivity index is 1.57. The van der Waals surface area contributed by atoms with Gasteiger partial charge in [0, 0.05) is 10.5 Å². The molecule has 4 aromatic rings. The standard InChI is InChI=1S/C14H10BrN5O2S/c1-8-6-11(19-22-8)13-16-17-14-20(13)18-12(23-14)7-21-10-4-2-9(15)3-5-10/h2-6H,7H2,1H3. The number of aromatic nitrogens is 5. The molecule has 0 unspecified atom stereocenters. The topological polar surface area (TPSA) is 78.3 Å². The zero-order valence-corrected chi connectivity index (χ0v) is 14.3. The molecule has 3 aromatic heterocycles. The second kappa shape index (κ2) is 5.74. The average molecular weight is 392 g/mol. The molecular weight excluding hydrogens is 382 g/mol. The van der Waals surface area contributed by atoms with E-state index in [1.807, 2.05) is 31.2 Å². The van der Waals surface area contributed by atoms with Crippen LogP contribution in [0.25, 0.3) is 16.5 Å². The summed E-state index contributed by atoms with van der Waals surface area (Å²) in [7, 11) is 0. The van der Waals surface area contributed by atoms with E-state index >= 15 is 0 Å². The van der Waals surface area contributed by atoms with E-state index in [-0.39, 0.29) is 0 Å². The van der Waals surface area contributed by atoms with Crippen LogP contribution >= 0.6 is 27.3 Å². The largest absolute Gasteiger partial charge is 0.486 e. The first-order valence-electron chi connectivity index (χ1n) is 6.72. The zero-order valence-electron chi connectivity index (χ0n) is 11.9. The van der Waals surface area contributed by atoms with Crippen molar-refractivity contribution in [2.45, 2.75) is 13.5 Å². The molecule has 116 valence electrons. The smallest absolute Gasteiger partial charge is 0.235 e. The Morgan fingerprint density at radius 2 is 2.09 bits per heavy atom. The third-order valence-electron chi connectivity index (χ3n) is 3.07. The number of halogens is 1. The summed E-state index contributed by atoms with van der Waals surface area (Å²) in [4.78, 5) is 0.690. The van der Waals surface area contributed by atoms with Crippen LogP contribution in [0.5, 0.6) is 5.75 Å². The lowest BCUT2D eigenvalue weighted by Gasteiger charge is -2.02. The molecule has 0 spiro atoms. The fraction of sp³-hybridized carbons (Fsp3) is 0.143. The predicted octanol–water partition coefficient (Wildman–Crippen LogP) is 3.49. The second-order valence-electron chi connectivity index (χ2n) is 4.78. The van der Waals surface area contributed by atoms with Gasteiger partial charge < -0.3 is 9.26 Å². The van der Waals surface area contributed by atoms with E-state index in [4.69, 9.17) is 9.26 Å². The summed E-state index contributed by atoms with van der Waals surface area (Å²) in [6, 6.07) is 9.45. The minimum Gasteiger partial charge on any atom is -0.486 e. The molecule has 7 nitrogen and oxygen atoms in total. The maximum Gasteiger partial charge on any atom is 0.235 e. The van der Waals surface area contributed by atoms with E-state index in [1.165, 1.54) is 11.3 Å². The number of fused-ring (bicyclic) bond motifs is 1. The summed E-state index contributed by atoms with van der Waals surface area (Å²) >= 11 is 4.82. The van der Waals surface area contributed by atoms with E-state index in [0.717, 1.165) is 15.2 Å². The number of hydrogen-bond donors (Lipinski definition) is 0. The Morgan fingerprint density at radius 3 is 2.83 bits per heavy atom. The second-order valence-corrected chi connectivity index (χ2v) is 6.74. The lowest BCUT2D eigenvalue weighted by Crippen LogP contribution is -1.97. The van der Waals surface area contributed by atoms with Crippen molar-refractivity contribution in [1.82, 2.24) is 25.0 Å². The number of benzene rings is 1. The van der Waals surface area contributed by atoms with Crippen molar-refractivity contribution < 1.29 is 9.26 Å². The summed E-state index contributed by atoms with van der Waals surface area (Å²) in [5.74, 6) is 2.06. The lowest BCUT2D eigenvalue weighted by atomic mass is 10.3. The van der Waals surface area contributed by atoms with Gasteiger partial charge >= 0.3 is 0 Å². The van der Waals surface area contributed by atoms with Crippen molar-refractivity contribution in [2.24, 2.45) is 0 Å². The molecule has 0 saturated heterocycles. The quantitative estimate of drug-likeness (QED) is 0.529. The number of nitrogens with zero attached hydrogens (tertiary/aromatic N) is 5. The molecule has 4 rings (SSSR count). The molecule has 0 amide bonds. The molecule has 0 aliphatic rings. The van der Waals surface area contributed by atoms with Gasteiger partial charge in [0.1, 0.15) is 18.1 Å². The molecule has 1 aromatic carbocycles. The van der Waals surface area contributed by atoms with Crippen LogP contribution < -0.4 is 4.74 Å². The van der Waals surface area contributed by atoms with Gasteiger partial charge in [-0.1, -0.05) is 32.4 Å². The van der Waals surface area contributed by atoms with Crippen molar-refractivity contribution in [2.75, 3.05) is 0 Å². The van der Waals surface area contributed by atoms with Crippen LogP contribution in [0.2, 0.25) is 0 Å². The van der Waals surface area contributed by atoms with Gasteiger partial charge in [-0.15, -0.1) is 10.2 Å². The predicted molar refractivity (Wildman–Crippen MR) is 87.4 cm³/mol. The molecule has 0 aliphatic carbocycles. The highest BCUT2D eigenvalue weighted by molar-refractivity contribution is 9.10. The van der Waals surface area contributed by atoms with E-state index in [1.54, 1.807) is 10.6 Å². The van der Waals surface area contributed by atoms with Gasteiger partial charge in [0.15, 0.2) is 10.7 Å². The number of rotatable bonds is 4. The monoisotopic (exact) mass is 391 g/mol. The van der Waals surface area contributed by atoms with Crippen molar-refractivity contribution in [3.8, 4) is 17.3 Å². The van der Waals surface area contributed by atoms with Crippen molar-refractivity contribution in [1.29, 1.82) is 0 Å². The zero-order chi connectivity index (χ0) is 15.8. The third kappa shape index (κ3) is 2.84. The fourth-order valence-electron chi connectivity index (χ4n) is 2.02. The fourth-order valence-corrected chi connectivity index (χ4v) is 3.03. The normalized spacial score (nSPS) is 11.2. The van der Waals surface area contributed by atoms with Crippen LogP contribution in [0, 0.1) is 6.92 Å². The maximum atomic E-state index is 5.73. The molecule has 9 heteroatoms. The first kappa shape index (κ1) is 14.3. The van der Waals surface area contributed by atoms with Gasteiger partial charge in [-0.2, -0.15) is 9.61 Å². The Bertz CT molecular complexity index is 959. The minimum absolute atomic E-state index is 0.368. The average Bonchev–Trinajstić information content (AvgIpc) is 3.22. The highest BCUT2D eigenvalue weighted by atomic mass is 79.9. The maximum absolute atomic E-state index is 5.73. The molecule has 0 fully saturated rings. The summed E-state index contributed by atoms with van der Waals surface area (Å²) in [6.07, 6.45) is 0. The van der Waals surface area contributed by atoms with Crippen LogP contribution in [-0.2, 0) is 6.61 Å². The van der Waals surface area contributed by atoms with Gasteiger partial charge in [-0.3, -0.25) is 0 Å². The number of hydrogen-bond acceptors (Lipinski definition) is 7. The van der Waals surface area contributed by atoms with E-state index in [9.17, 15) is 0 Å². The SMILES string of the molecule is Cc1cc(-c2nnc3sc(COc4ccc(Br)cc4)nn23)no1. The van der Waals surface area contributed by atoms with Crippen LogP contribution in [0.1, 0.15) is 10.8 Å². The molecule has 0 saturated carbocycles. The Kier molecular flexibility index (Phi) is 3.58. The molecule has 0 radical (unpaired) electrons. The summed E-state index contributed by atoms with van der Waals surface area (Å²) < 4.78 is 13.5. The first-order chi connectivity index (χ1) is 11.2. The molecule has 23 heavy (non-hydrogen) atoms. The van der Waals surface area contributed by atoms with Gasteiger partial charge in [0.25, 0.3) is 0 Å². The number of ether oxygens (including phenoxy) is 1. The van der Waals surface area contributed by atoms with E-state index in [0.29, 0.717) is 28.8 Å². The Labute approximate surface area is 143 Å². The van der Waals surface area contributed by atoms with Gasteiger partial charge in [-0.25, -0.2) is 0 Å². The summed E-state index contributed by atoms with van der Waals surface area (Å²) in [6.45, 7) is 2.19. The molecule has 0 N–H and O–H groups in total. The highest BCUT2D eigenvalue weighted by Crippen LogP contribution is 2.23. The molecule has 0 bridgehead atoms. The van der Waals surface area contributed by atoms with Crippen LogP contribution in [0.15, 0.2) is 39.3 Å². The van der Waals surface area contributed by atoms with E-state index in [2.05, 4.69) is 36.4 Å². The molecule has 0 atom stereocenters. The molecule has 0 aliphatic heterocycles. The van der Waals surface area contributed by atoms with Crippen LogP contribution in [-0.4, -0.2) is 25.0 Å².